The van der Waals surface area contributed by atoms with Gasteiger partial charge in [0.2, 0.25) is 0 Å². The second-order valence-electron chi connectivity index (χ2n) is 9.50. The molecule has 3 aromatic heterocycles. The van der Waals surface area contributed by atoms with Crippen LogP contribution < -0.4 is 4.90 Å². The molecule has 4 heterocycles. The topological polar surface area (TPSA) is 34.2 Å². The Labute approximate surface area is 234 Å². The van der Waals surface area contributed by atoms with Gasteiger partial charge in [0, 0.05) is 17.8 Å². The van der Waals surface area contributed by atoms with E-state index in [1.807, 2.05) is 54.6 Å². The Morgan fingerprint density at radius 2 is 1.61 bits per heavy atom. The van der Waals surface area contributed by atoms with Gasteiger partial charge < -0.3 is 18.9 Å². The number of aromatic nitrogens is 2. The summed E-state index contributed by atoms with van der Waals surface area (Å²) in [6.07, 6.45) is 1.79. The third kappa shape index (κ3) is 3.78. The van der Waals surface area contributed by atoms with Gasteiger partial charge in [0.15, 0.2) is 0 Å². The number of fused-ring (bicyclic) bond motifs is 2. The molecule has 8 rings (SSSR count). The van der Waals surface area contributed by atoms with E-state index >= 15 is 0 Å². The van der Waals surface area contributed by atoms with Gasteiger partial charge >= 0.3 is 20.1 Å². The Bertz CT molecular complexity index is 1850. The van der Waals surface area contributed by atoms with Crippen molar-refractivity contribution < 1.29 is 24.5 Å². The third-order valence-corrected chi connectivity index (χ3v) is 6.95. The summed E-state index contributed by atoms with van der Waals surface area (Å²) in [6, 6.07) is 37.5. The summed E-state index contributed by atoms with van der Waals surface area (Å²) in [7, 11) is 0. The monoisotopic (exact) mass is 671 g/mol. The van der Waals surface area contributed by atoms with Crippen molar-refractivity contribution in [3.05, 3.63) is 116 Å². The molecule has 0 saturated heterocycles. The Morgan fingerprint density at radius 1 is 0.789 bits per heavy atom. The molecule has 0 spiro atoms. The maximum Gasteiger partial charge on any atom is 3.00 e. The van der Waals surface area contributed by atoms with E-state index in [1.165, 1.54) is 27.4 Å². The summed E-state index contributed by atoms with van der Waals surface area (Å²) < 4.78 is 8.41. The fourth-order valence-corrected chi connectivity index (χ4v) is 5.31. The average Bonchev–Trinajstić information content (AvgIpc) is 3.50. The Morgan fingerprint density at radius 3 is 2.39 bits per heavy atom. The predicted octanol–water partition coefficient (Wildman–Crippen LogP) is 8.24. The van der Waals surface area contributed by atoms with E-state index in [0.29, 0.717) is 6.04 Å². The van der Waals surface area contributed by atoms with Crippen LogP contribution in [-0.4, -0.2) is 15.6 Å². The molecular weight excluding hydrogens is 647 g/mol. The molecule has 0 aliphatic carbocycles. The van der Waals surface area contributed by atoms with Crippen molar-refractivity contribution in [3.63, 3.8) is 0 Å². The molecule has 186 valence electrons. The molecule has 0 fully saturated rings. The summed E-state index contributed by atoms with van der Waals surface area (Å²) >= 11 is 0. The fourth-order valence-electron chi connectivity index (χ4n) is 5.31. The number of nitrogens with zero attached hydrogens (tertiary/aromatic N) is 3. The summed E-state index contributed by atoms with van der Waals surface area (Å²) in [4.78, 5) is 6.55. The number of rotatable bonds is 2. The molecule has 0 atom stereocenters. The summed E-state index contributed by atoms with van der Waals surface area (Å²) in [5, 5.41) is 4.82. The van der Waals surface area contributed by atoms with Gasteiger partial charge in [-0.25, -0.2) is 6.07 Å². The summed E-state index contributed by atoms with van der Waals surface area (Å²) in [6.45, 7) is 6.64. The molecule has 4 aromatic carbocycles. The molecule has 0 radical (unpaired) electrons. The smallest absolute Gasteiger partial charge is 0.484 e. The van der Waals surface area contributed by atoms with Crippen molar-refractivity contribution in [2.24, 2.45) is 0 Å². The van der Waals surface area contributed by atoms with Crippen molar-refractivity contribution in [3.8, 4) is 11.3 Å². The molecule has 1 aliphatic heterocycles. The molecular formula is C33H24IrN3O. The second-order valence-corrected chi connectivity index (χ2v) is 9.50. The van der Waals surface area contributed by atoms with Crippen LogP contribution in [0, 0.1) is 18.8 Å². The summed E-state index contributed by atoms with van der Waals surface area (Å²) in [5.74, 6) is 0. The average molecular weight is 671 g/mol. The number of anilines is 1. The van der Waals surface area contributed by atoms with Gasteiger partial charge in [-0.05, 0) is 65.7 Å². The minimum atomic E-state index is 0. The van der Waals surface area contributed by atoms with E-state index in [2.05, 4.69) is 83.5 Å². The van der Waals surface area contributed by atoms with Crippen LogP contribution in [0.15, 0.2) is 102 Å². The van der Waals surface area contributed by atoms with E-state index in [9.17, 15) is 0 Å². The standard InChI is InChI=1S/C22H16N2O.C11H8N.Ir/c1-13(2)23-12-24-16-8-5-11-19-21(16)20-14(6-4-10-18(20)25-19)15-7-3-9-17(23)22(15)24;1-2-6-10(7-3-1)11-8-4-5-9-12-11;/h3-7,9-13H,1-2H3;1-6,8-9H;/q-2;-1;+3. The van der Waals surface area contributed by atoms with Crippen LogP contribution in [0.3, 0.4) is 0 Å². The van der Waals surface area contributed by atoms with Crippen LogP contribution in [0.25, 0.3) is 55.0 Å². The first-order valence-electron chi connectivity index (χ1n) is 12.5. The van der Waals surface area contributed by atoms with Crippen molar-refractivity contribution in [1.82, 2.24) is 9.55 Å². The zero-order chi connectivity index (χ0) is 24.9. The van der Waals surface area contributed by atoms with Crippen LogP contribution >= 0.6 is 0 Å². The van der Waals surface area contributed by atoms with Crippen LogP contribution in [0.5, 0.6) is 0 Å². The van der Waals surface area contributed by atoms with Gasteiger partial charge in [0.05, 0.1) is 0 Å². The minimum absolute atomic E-state index is 0. The fraction of sp³-hybridized carbons (Fsp3) is 0.0909. The van der Waals surface area contributed by atoms with Crippen LogP contribution in [0.2, 0.25) is 0 Å². The molecule has 0 amide bonds. The normalized spacial score (nSPS) is 12.1. The first kappa shape index (κ1) is 24.3. The number of hydrogen-bond donors (Lipinski definition) is 0. The molecule has 5 heteroatoms. The van der Waals surface area contributed by atoms with Crippen LogP contribution in [0.1, 0.15) is 13.8 Å². The molecule has 4 nitrogen and oxygen atoms in total. The van der Waals surface area contributed by atoms with Crippen LogP contribution in [0.4, 0.5) is 5.69 Å². The second kappa shape index (κ2) is 9.68. The molecule has 0 N–H and O–H groups in total. The van der Waals surface area contributed by atoms with Gasteiger partial charge in [-0.1, -0.05) is 42.5 Å². The van der Waals surface area contributed by atoms with E-state index in [1.54, 1.807) is 6.20 Å². The number of benzene rings is 4. The third-order valence-electron chi connectivity index (χ3n) is 6.95. The molecule has 0 saturated carbocycles. The maximum absolute atomic E-state index is 6.13. The van der Waals surface area contributed by atoms with E-state index in [4.69, 9.17) is 4.42 Å². The number of pyridine rings is 1. The van der Waals surface area contributed by atoms with Crippen molar-refractivity contribution in [1.29, 1.82) is 0 Å². The number of hydrogen-bond acceptors (Lipinski definition) is 3. The van der Waals surface area contributed by atoms with Crippen molar-refractivity contribution in [2.75, 3.05) is 4.90 Å². The first-order chi connectivity index (χ1) is 18.2. The largest absolute Gasteiger partial charge is 3.00 e. The first-order valence-corrected chi connectivity index (χ1v) is 12.5. The molecule has 7 aromatic rings. The van der Waals surface area contributed by atoms with Gasteiger partial charge in [-0.2, -0.15) is 11.6 Å². The minimum Gasteiger partial charge on any atom is -0.484 e. The summed E-state index contributed by atoms with van der Waals surface area (Å²) in [5.41, 5.74) is 7.42. The molecule has 0 bridgehead atoms. The van der Waals surface area contributed by atoms with E-state index < -0.39 is 0 Å². The van der Waals surface area contributed by atoms with Gasteiger partial charge in [0.1, 0.15) is 5.58 Å². The molecule has 0 unspecified atom stereocenters. The van der Waals surface area contributed by atoms with Crippen molar-refractivity contribution >= 4 is 49.4 Å². The number of furan rings is 1. The maximum atomic E-state index is 6.13. The van der Waals surface area contributed by atoms with Crippen molar-refractivity contribution in [2.45, 2.75) is 19.9 Å². The zero-order valence-electron chi connectivity index (χ0n) is 21.0. The predicted molar refractivity (Wildman–Crippen MR) is 151 cm³/mol. The van der Waals surface area contributed by atoms with Gasteiger partial charge in [0.25, 0.3) is 0 Å². The number of para-hydroxylation sites is 1. The van der Waals surface area contributed by atoms with E-state index in [0.717, 1.165) is 33.3 Å². The quantitative estimate of drug-likeness (QED) is 0.174. The zero-order valence-corrected chi connectivity index (χ0v) is 23.4. The Hall–Kier alpha value is -4.05. The Kier molecular flexibility index (Phi) is 6.19. The van der Waals surface area contributed by atoms with Crippen LogP contribution in [-0.2, 0) is 20.1 Å². The molecule has 1 aliphatic rings. The van der Waals surface area contributed by atoms with Gasteiger partial charge in [-0.3, -0.25) is 0 Å². The molecule has 38 heavy (non-hydrogen) atoms. The van der Waals surface area contributed by atoms with E-state index in [-0.39, 0.29) is 20.1 Å². The Balaban J connectivity index is 0.000000172. The van der Waals surface area contributed by atoms with Gasteiger partial charge in [-0.15, -0.1) is 47.3 Å². The SMILES string of the molecule is CC(C)N1[CH-]n2c3[c-]ccc4oc5cccc(c6cccc1c62)c5c43.[Ir+3].[c-]1ccccc1-c1ccccn1.